The SMILES string of the molecule is CCCC/C=C(\C)C[C@H](C)C1C=CC(C)=CC1. The van der Waals surface area contributed by atoms with Crippen LogP contribution in [0.2, 0.25) is 0 Å². The van der Waals surface area contributed by atoms with E-state index in [0.717, 1.165) is 11.8 Å². The average molecular weight is 232 g/mol. The Morgan fingerprint density at radius 3 is 2.88 bits per heavy atom. The van der Waals surface area contributed by atoms with E-state index in [2.05, 4.69) is 52.0 Å². The van der Waals surface area contributed by atoms with Crippen molar-refractivity contribution < 1.29 is 0 Å². The van der Waals surface area contributed by atoms with Crippen molar-refractivity contribution in [2.75, 3.05) is 0 Å². The van der Waals surface area contributed by atoms with Crippen LogP contribution in [-0.4, -0.2) is 0 Å². The molecule has 0 radical (unpaired) electrons. The van der Waals surface area contributed by atoms with Gasteiger partial charge in [0.15, 0.2) is 0 Å². The van der Waals surface area contributed by atoms with Gasteiger partial charge in [-0.05, 0) is 44.9 Å². The van der Waals surface area contributed by atoms with Crippen molar-refractivity contribution in [3.63, 3.8) is 0 Å². The van der Waals surface area contributed by atoms with Crippen LogP contribution < -0.4 is 0 Å². The molecule has 0 saturated carbocycles. The molecule has 0 N–H and O–H groups in total. The Balaban J connectivity index is 2.36. The van der Waals surface area contributed by atoms with Crippen LogP contribution >= 0.6 is 0 Å². The zero-order chi connectivity index (χ0) is 12.7. The lowest BCUT2D eigenvalue weighted by Gasteiger charge is -2.22. The lowest BCUT2D eigenvalue weighted by molar-refractivity contribution is 0.424. The van der Waals surface area contributed by atoms with Crippen LogP contribution in [0.15, 0.2) is 35.5 Å². The maximum absolute atomic E-state index is 2.44. The maximum Gasteiger partial charge on any atom is -0.0167 e. The molecule has 0 aromatic rings. The predicted octanol–water partition coefficient (Wildman–Crippen LogP) is 5.67. The lowest BCUT2D eigenvalue weighted by Crippen LogP contribution is -2.11. The topological polar surface area (TPSA) is 0 Å². The first-order valence-electron chi connectivity index (χ1n) is 7.14. The van der Waals surface area contributed by atoms with Gasteiger partial charge < -0.3 is 0 Å². The van der Waals surface area contributed by atoms with Gasteiger partial charge in [0, 0.05) is 0 Å². The van der Waals surface area contributed by atoms with E-state index in [9.17, 15) is 0 Å². The van der Waals surface area contributed by atoms with E-state index < -0.39 is 0 Å². The largest absolute Gasteiger partial charge is 0.0856 e. The minimum atomic E-state index is 0.744. The molecule has 0 amide bonds. The van der Waals surface area contributed by atoms with Crippen LogP contribution in [0.5, 0.6) is 0 Å². The fraction of sp³-hybridized carbons (Fsp3) is 0.647. The number of hydrogen-bond acceptors (Lipinski definition) is 0. The summed E-state index contributed by atoms with van der Waals surface area (Å²) in [5.41, 5.74) is 2.99. The van der Waals surface area contributed by atoms with Gasteiger partial charge in [-0.15, -0.1) is 0 Å². The molecule has 1 aliphatic carbocycles. The van der Waals surface area contributed by atoms with E-state index in [1.165, 1.54) is 37.7 Å². The van der Waals surface area contributed by atoms with Crippen molar-refractivity contribution in [2.45, 2.75) is 59.8 Å². The molecular weight excluding hydrogens is 204 g/mol. The van der Waals surface area contributed by atoms with E-state index in [4.69, 9.17) is 0 Å². The van der Waals surface area contributed by atoms with E-state index >= 15 is 0 Å². The van der Waals surface area contributed by atoms with Gasteiger partial charge in [0.1, 0.15) is 0 Å². The molecular formula is C17H28. The highest BCUT2D eigenvalue weighted by molar-refractivity contribution is 5.22. The highest BCUT2D eigenvalue weighted by Crippen LogP contribution is 2.28. The average Bonchev–Trinajstić information content (AvgIpc) is 2.30. The second-order valence-corrected chi connectivity index (χ2v) is 5.58. The van der Waals surface area contributed by atoms with Crippen molar-refractivity contribution in [3.8, 4) is 0 Å². The van der Waals surface area contributed by atoms with Gasteiger partial charge in [-0.1, -0.05) is 62.1 Å². The minimum Gasteiger partial charge on any atom is -0.0856 e. The van der Waals surface area contributed by atoms with E-state index in [1.807, 2.05) is 0 Å². The first kappa shape index (κ1) is 14.3. The molecule has 2 atom stereocenters. The summed E-state index contributed by atoms with van der Waals surface area (Å²) in [5, 5.41) is 0. The fourth-order valence-electron chi connectivity index (χ4n) is 2.46. The van der Waals surface area contributed by atoms with Gasteiger partial charge in [0.05, 0.1) is 0 Å². The van der Waals surface area contributed by atoms with Gasteiger partial charge >= 0.3 is 0 Å². The summed E-state index contributed by atoms with van der Waals surface area (Å²) in [5.74, 6) is 1.52. The minimum absolute atomic E-state index is 0.744. The molecule has 0 aliphatic heterocycles. The third kappa shape index (κ3) is 5.39. The molecule has 1 rings (SSSR count). The van der Waals surface area contributed by atoms with Crippen molar-refractivity contribution in [2.24, 2.45) is 11.8 Å². The summed E-state index contributed by atoms with van der Waals surface area (Å²) in [6, 6.07) is 0. The Morgan fingerprint density at radius 2 is 2.29 bits per heavy atom. The molecule has 0 fully saturated rings. The highest BCUT2D eigenvalue weighted by Gasteiger charge is 2.15. The molecule has 0 heterocycles. The molecule has 1 aliphatic rings. The van der Waals surface area contributed by atoms with E-state index in [1.54, 1.807) is 5.57 Å². The Hall–Kier alpha value is -0.780. The summed E-state index contributed by atoms with van der Waals surface area (Å²) in [6.45, 7) is 9.13. The number of rotatable bonds is 6. The van der Waals surface area contributed by atoms with Crippen LogP contribution in [0.1, 0.15) is 59.8 Å². The Kier molecular flexibility index (Phi) is 6.32. The summed E-state index contributed by atoms with van der Waals surface area (Å²) >= 11 is 0. The van der Waals surface area contributed by atoms with Crippen molar-refractivity contribution in [3.05, 3.63) is 35.5 Å². The number of allylic oxidation sites excluding steroid dienone is 6. The van der Waals surface area contributed by atoms with Crippen molar-refractivity contribution >= 4 is 0 Å². The van der Waals surface area contributed by atoms with Crippen LogP contribution in [-0.2, 0) is 0 Å². The molecule has 0 nitrogen and oxygen atoms in total. The Labute approximate surface area is 108 Å². The van der Waals surface area contributed by atoms with Crippen LogP contribution in [0.25, 0.3) is 0 Å². The molecule has 96 valence electrons. The maximum atomic E-state index is 2.44. The lowest BCUT2D eigenvalue weighted by atomic mass is 9.83. The molecule has 0 aromatic heterocycles. The Bertz CT molecular complexity index is 304. The fourth-order valence-corrected chi connectivity index (χ4v) is 2.46. The molecule has 0 bridgehead atoms. The summed E-state index contributed by atoms with van der Waals surface area (Å²) in [4.78, 5) is 0. The monoisotopic (exact) mass is 232 g/mol. The standard InChI is InChI=1S/C17H28/c1-5-6-7-8-15(3)13-16(4)17-11-9-14(2)10-12-17/h8-11,16-17H,5-7,12-13H2,1-4H3/b15-8+/t16-,17?/m0/s1. The molecule has 0 aromatic carbocycles. The van der Waals surface area contributed by atoms with Crippen LogP contribution in [0, 0.1) is 11.8 Å². The summed E-state index contributed by atoms with van der Waals surface area (Å²) in [7, 11) is 0. The highest BCUT2D eigenvalue weighted by atomic mass is 14.2. The van der Waals surface area contributed by atoms with Gasteiger partial charge in [-0.25, -0.2) is 0 Å². The third-order valence-corrected chi connectivity index (χ3v) is 3.74. The Morgan fingerprint density at radius 1 is 1.53 bits per heavy atom. The number of hydrogen-bond donors (Lipinski definition) is 0. The third-order valence-electron chi connectivity index (χ3n) is 3.74. The van der Waals surface area contributed by atoms with Crippen LogP contribution in [0.4, 0.5) is 0 Å². The zero-order valence-electron chi connectivity index (χ0n) is 12.0. The molecule has 0 spiro atoms. The molecule has 0 heteroatoms. The van der Waals surface area contributed by atoms with Gasteiger partial charge in [0.2, 0.25) is 0 Å². The van der Waals surface area contributed by atoms with Gasteiger partial charge in [0.25, 0.3) is 0 Å². The first-order chi connectivity index (χ1) is 8.13. The van der Waals surface area contributed by atoms with Gasteiger partial charge in [-0.2, -0.15) is 0 Å². The van der Waals surface area contributed by atoms with Gasteiger partial charge in [-0.3, -0.25) is 0 Å². The molecule has 17 heavy (non-hydrogen) atoms. The summed E-state index contributed by atoms with van der Waals surface area (Å²) < 4.78 is 0. The molecule has 0 saturated heterocycles. The van der Waals surface area contributed by atoms with Crippen molar-refractivity contribution in [1.29, 1.82) is 0 Å². The normalized spacial score (nSPS) is 22.5. The quantitative estimate of drug-likeness (QED) is 0.409. The predicted molar refractivity (Wildman–Crippen MR) is 78.1 cm³/mol. The number of unbranched alkanes of at least 4 members (excludes halogenated alkanes) is 2. The van der Waals surface area contributed by atoms with Crippen molar-refractivity contribution in [1.82, 2.24) is 0 Å². The zero-order valence-corrected chi connectivity index (χ0v) is 12.0. The van der Waals surface area contributed by atoms with Crippen LogP contribution in [0.3, 0.4) is 0 Å². The van der Waals surface area contributed by atoms with E-state index in [0.29, 0.717) is 0 Å². The van der Waals surface area contributed by atoms with E-state index in [-0.39, 0.29) is 0 Å². The summed E-state index contributed by atoms with van der Waals surface area (Å²) in [6.07, 6.45) is 15.9. The smallest absolute Gasteiger partial charge is 0.0167 e. The second-order valence-electron chi connectivity index (χ2n) is 5.58. The second kappa shape index (κ2) is 7.53. The molecule has 1 unspecified atom stereocenters. The first-order valence-corrected chi connectivity index (χ1v) is 7.14.